The van der Waals surface area contributed by atoms with E-state index in [-0.39, 0.29) is 0 Å². The van der Waals surface area contributed by atoms with Crippen LogP contribution in [0.25, 0.3) is 0 Å². The van der Waals surface area contributed by atoms with Crippen molar-refractivity contribution in [3.63, 3.8) is 0 Å². The van der Waals surface area contributed by atoms with E-state index in [4.69, 9.17) is 0 Å². The highest BCUT2D eigenvalue weighted by Crippen LogP contribution is 2.39. The second kappa shape index (κ2) is 4.96. The average molecular weight is 231 g/mol. The Morgan fingerprint density at radius 1 is 1.27 bits per heavy atom. The molecule has 15 heavy (non-hydrogen) atoms. The van der Waals surface area contributed by atoms with E-state index in [9.17, 15) is 4.21 Å². The van der Waals surface area contributed by atoms with Crippen LogP contribution in [0.1, 0.15) is 40.0 Å². The van der Waals surface area contributed by atoms with Crippen molar-refractivity contribution >= 4 is 10.8 Å². The van der Waals surface area contributed by atoms with Crippen LogP contribution in [-0.4, -0.2) is 28.8 Å². The van der Waals surface area contributed by atoms with Crippen LogP contribution in [0.2, 0.25) is 0 Å². The van der Waals surface area contributed by atoms with Gasteiger partial charge in [-0.1, -0.05) is 20.8 Å². The molecular weight excluding hydrogens is 206 g/mol. The minimum atomic E-state index is -0.700. The van der Waals surface area contributed by atoms with E-state index in [1.807, 2.05) is 13.3 Å². The van der Waals surface area contributed by atoms with Gasteiger partial charge < -0.3 is 5.32 Å². The normalized spacial score (nSPS) is 35.1. The van der Waals surface area contributed by atoms with Crippen LogP contribution < -0.4 is 5.32 Å². The van der Waals surface area contributed by atoms with Gasteiger partial charge >= 0.3 is 0 Å². The Balaban J connectivity index is 2.70. The summed E-state index contributed by atoms with van der Waals surface area (Å²) in [5, 5.41) is 3.65. The highest BCUT2D eigenvalue weighted by Gasteiger charge is 2.36. The van der Waals surface area contributed by atoms with Crippen molar-refractivity contribution in [2.75, 3.05) is 13.3 Å². The summed E-state index contributed by atoms with van der Waals surface area (Å²) in [4.78, 5) is 0. The molecule has 1 saturated carbocycles. The maximum Gasteiger partial charge on any atom is 0.0501 e. The van der Waals surface area contributed by atoms with Crippen LogP contribution >= 0.6 is 0 Å². The van der Waals surface area contributed by atoms with Gasteiger partial charge in [-0.25, -0.2) is 0 Å². The third-order valence-corrected chi connectivity index (χ3v) is 5.19. The lowest BCUT2D eigenvalue weighted by molar-refractivity contribution is 0.166. The monoisotopic (exact) mass is 231 g/mol. The predicted octanol–water partition coefficient (Wildman–Crippen LogP) is 2.17. The van der Waals surface area contributed by atoms with Crippen molar-refractivity contribution in [2.24, 2.45) is 11.3 Å². The third-order valence-electron chi connectivity index (χ3n) is 3.81. The van der Waals surface area contributed by atoms with Crippen LogP contribution in [-0.2, 0) is 10.8 Å². The molecule has 0 saturated heterocycles. The fourth-order valence-electron chi connectivity index (χ4n) is 2.61. The van der Waals surface area contributed by atoms with Gasteiger partial charge in [0.15, 0.2) is 0 Å². The summed E-state index contributed by atoms with van der Waals surface area (Å²) in [5.41, 5.74) is 0.357. The van der Waals surface area contributed by atoms with Crippen LogP contribution in [0.15, 0.2) is 0 Å². The van der Waals surface area contributed by atoms with Crippen molar-refractivity contribution < 1.29 is 4.21 Å². The SMILES string of the molecule is CNC1CCC(C(C)(C)C)CC1S(C)=O. The first-order valence-corrected chi connectivity index (χ1v) is 7.48. The predicted molar refractivity (Wildman–Crippen MR) is 67.5 cm³/mol. The number of rotatable bonds is 2. The summed E-state index contributed by atoms with van der Waals surface area (Å²) in [7, 11) is 1.29. The van der Waals surface area contributed by atoms with Gasteiger partial charge in [0.05, 0.1) is 5.25 Å². The number of hydrogen-bond donors (Lipinski definition) is 1. The molecule has 0 aliphatic heterocycles. The molecule has 90 valence electrons. The average Bonchev–Trinajstić information content (AvgIpc) is 2.15. The van der Waals surface area contributed by atoms with Gasteiger partial charge in [0.2, 0.25) is 0 Å². The van der Waals surface area contributed by atoms with Crippen molar-refractivity contribution in [1.29, 1.82) is 0 Å². The standard InChI is InChI=1S/C12H25NOS/c1-12(2,3)9-6-7-10(13-4)11(8-9)15(5)14/h9-11,13H,6-8H2,1-5H3. The summed E-state index contributed by atoms with van der Waals surface area (Å²) in [6, 6.07) is 0.453. The van der Waals surface area contributed by atoms with E-state index in [0.717, 1.165) is 12.3 Å². The molecule has 0 spiro atoms. The first-order chi connectivity index (χ1) is 6.86. The first-order valence-electron chi connectivity index (χ1n) is 5.85. The molecule has 1 N–H and O–H groups in total. The lowest BCUT2D eigenvalue weighted by Crippen LogP contribution is -2.46. The van der Waals surface area contributed by atoms with Gasteiger partial charge in [0, 0.05) is 23.1 Å². The molecular formula is C12H25NOS. The summed E-state index contributed by atoms with van der Waals surface area (Å²) < 4.78 is 11.7. The minimum Gasteiger partial charge on any atom is -0.316 e. The zero-order chi connectivity index (χ0) is 11.6. The molecule has 4 atom stereocenters. The maximum atomic E-state index is 11.7. The van der Waals surface area contributed by atoms with Crippen LogP contribution in [0.5, 0.6) is 0 Å². The Labute approximate surface area is 96.7 Å². The fraction of sp³-hybridized carbons (Fsp3) is 1.00. The van der Waals surface area contributed by atoms with E-state index < -0.39 is 10.8 Å². The van der Waals surface area contributed by atoms with E-state index in [1.54, 1.807) is 0 Å². The molecule has 1 aliphatic rings. The molecule has 1 rings (SSSR count). The van der Waals surface area contributed by atoms with Gasteiger partial charge in [-0.3, -0.25) is 4.21 Å². The largest absolute Gasteiger partial charge is 0.316 e. The Bertz CT molecular complexity index is 234. The Hall–Kier alpha value is 0.110. The lowest BCUT2D eigenvalue weighted by Gasteiger charge is -2.41. The van der Waals surface area contributed by atoms with Gasteiger partial charge in [-0.15, -0.1) is 0 Å². The Morgan fingerprint density at radius 2 is 1.87 bits per heavy atom. The zero-order valence-corrected chi connectivity index (χ0v) is 11.5. The molecule has 0 aromatic rings. The topological polar surface area (TPSA) is 29.1 Å². The summed E-state index contributed by atoms with van der Waals surface area (Å²) in [5.74, 6) is 0.719. The van der Waals surface area contributed by atoms with Crippen molar-refractivity contribution in [3.8, 4) is 0 Å². The van der Waals surface area contributed by atoms with E-state index in [2.05, 4.69) is 26.1 Å². The van der Waals surface area contributed by atoms with Crippen LogP contribution in [0.4, 0.5) is 0 Å². The van der Waals surface area contributed by atoms with Gasteiger partial charge in [0.25, 0.3) is 0 Å². The Morgan fingerprint density at radius 3 is 2.27 bits per heavy atom. The summed E-state index contributed by atoms with van der Waals surface area (Å²) in [6.07, 6.45) is 5.39. The Kier molecular flexibility index (Phi) is 4.36. The molecule has 2 nitrogen and oxygen atoms in total. The van der Waals surface area contributed by atoms with Crippen LogP contribution in [0, 0.1) is 11.3 Å². The van der Waals surface area contributed by atoms with Crippen LogP contribution in [0.3, 0.4) is 0 Å². The van der Waals surface area contributed by atoms with Gasteiger partial charge in [-0.2, -0.15) is 0 Å². The van der Waals surface area contributed by atoms with Crippen molar-refractivity contribution in [3.05, 3.63) is 0 Å². The first kappa shape index (κ1) is 13.2. The number of nitrogens with one attached hydrogen (secondary N) is 1. The van der Waals surface area contributed by atoms with E-state index in [0.29, 0.717) is 16.7 Å². The molecule has 4 unspecified atom stereocenters. The molecule has 1 fully saturated rings. The smallest absolute Gasteiger partial charge is 0.0501 e. The maximum absolute atomic E-state index is 11.7. The molecule has 0 aromatic heterocycles. The molecule has 1 aliphatic carbocycles. The molecule has 3 heteroatoms. The summed E-state index contributed by atoms with van der Waals surface area (Å²) in [6.45, 7) is 6.90. The van der Waals surface area contributed by atoms with Gasteiger partial charge in [0.1, 0.15) is 0 Å². The quantitative estimate of drug-likeness (QED) is 0.789. The second-order valence-corrected chi connectivity index (χ2v) is 7.41. The fourth-order valence-corrected chi connectivity index (χ4v) is 3.85. The van der Waals surface area contributed by atoms with E-state index in [1.165, 1.54) is 12.8 Å². The summed E-state index contributed by atoms with van der Waals surface area (Å²) >= 11 is 0. The second-order valence-electron chi connectivity index (χ2n) is 5.81. The molecule has 0 bridgehead atoms. The molecule has 0 radical (unpaired) electrons. The van der Waals surface area contributed by atoms with E-state index >= 15 is 0 Å². The minimum absolute atomic E-state index is 0.341. The third kappa shape index (κ3) is 3.28. The van der Waals surface area contributed by atoms with Gasteiger partial charge in [-0.05, 0) is 37.6 Å². The van der Waals surface area contributed by atoms with Crippen molar-refractivity contribution in [2.45, 2.75) is 51.3 Å². The highest BCUT2D eigenvalue weighted by atomic mass is 32.2. The highest BCUT2D eigenvalue weighted by molar-refractivity contribution is 7.85. The molecule has 0 amide bonds. The lowest BCUT2D eigenvalue weighted by atomic mass is 9.71. The van der Waals surface area contributed by atoms with Crippen molar-refractivity contribution in [1.82, 2.24) is 5.32 Å². The zero-order valence-electron chi connectivity index (χ0n) is 10.7. The molecule has 0 heterocycles. The number of hydrogen-bond acceptors (Lipinski definition) is 2. The molecule has 0 aromatic carbocycles.